The highest BCUT2D eigenvalue weighted by molar-refractivity contribution is 5.91. The molecule has 0 aliphatic rings. The van der Waals surface area contributed by atoms with E-state index in [0.717, 1.165) is 12.8 Å². The Labute approximate surface area is 88.9 Å². The molecule has 1 amide bonds. The Morgan fingerprint density at radius 3 is 3.13 bits per heavy atom. The maximum absolute atomic E-state index is 11.4. The SMILES string of the molecule is CC(CO)CCCNC(=O)c1ccn[nH]1. The van der Waals surface area contributed by atoms with E-state index in [1.54, 1.807) is 12.3 Å². The lowest BCUT2D eigenvalue weighted by Crippen LogP contribution is -2.25. The lowest BCUT2D eigenvalue weighted by atomic mass is 10.1. The Bertz CT molecular complexity index is 285. The van der Waals surface area contributed by atoms with Crippen LogP contribution in [0.1, 0.15) is 30.3 Å². The van der Waals surface area contributed by atoms with Gasteiger partial charge in [0.1, 0.15) is 5.69 Å². The second kappa shape index (κ2) is 6.19. The number of aliphatic hydroxyl groups is 1. The van der Waals surface area contributed by atoms with Crippen molar-refractivity contribution >= 4 is 5.91 Å². The Hall–Kier alpha value is -1.36. The van der Waals surface area contributed by atoms with Crippen LogP contribution in [-0.4, -0.2) is 34.4 Å². The molecule has 0 fully saturated rings. The van der Waals surface area contributed by atoms with Crippen LogP contribution in [0.2, 0.25) is 0 Å². The molecule has 1 heterocycles. The molecule has 0 aliphatic carbocycles. The van der Waals surface area contributed by atoms with E-state index in [4.69, 9.17) is 5.11 Å². The normalized spacial score (nSPS) is 12.4. The molecule has 5 nitrogen and oxygen atoms in total. The Balaban J connectivity index is 2.13. The summed E-state index contributed by atoms with van der Waals surface area (Å²) in [5.41, 5.74) is 0.477. The zero-order chi connectivity index (χ0) is 11.1. The second-order valence-corrected chi connectivity index (χ2v) is 3.66. The second-order valence-electron chi connectivity index (χ2n) is 3.66. The summed E-state index contributed by atoms with van der Waals surface area (Å²) in [6.45, 7) is 2.81. The molecule has 15 heavy (non-hydrogen) atoms. The molecule has 1 atom stereocenters. The van der Waals surface area contributed by atoms with Crippen LogP contribution in [0.5, 0.6) is 0 Å². The van der Waals surface area contributed by atoms with Crippen molar-refractivity contribution in [1.29, 1.82) is 0 Å². The van der Waals surface area contributed by atoms with Gasteiger partial charge in [0, 0.05) is 19.3 Å². The Kier molecular flexibility index (Phi) is 4.83. The molecule has 3 N–H and O–H groups in total. The van der Waals surface area contributed by atoms with E-state index in [9.17, 15) is 4.79 Å². The number of aromatic amines is 1. The number of carbonyl (C=O) groups excluding carboxylic acids is 1. The number of H-pyrrole nitrogens is 1. The average molecular weight is 211 g/mol. The third kappa shape index (κ3) is 4.12. The van der Waals surface area contributed by atoms with Crippen LogP contribution in [0.15, 0.2) is 12.3 Å². The lowest BCUT2D eigenvalue weighted by molar-refractivity contribution is 0.0947. The standard InChI is InChI=1S/C10H17N3O2/c1-8(7-14)3-2-5-11-10(15)9-4-6-12-13-9/h4,6,8,14H,2-3,5,7H2,1H3,(H,11,15)(H,12,13). The van der Waals surface area contributed by atoms with E-state index >= 15 is 0 Å². The van der Waals surface area contributed by atoms with E-state index in [-0.39, 0.29) is 12.5 Å². The predicted molar refractivity (Wildman–Crippen MR) is 56.4 cm³/mol. The highest BCUT2D eigenvalue weighted by atomic mass is 16.3. The smallest absolute Gasteiger partial charge is 0.269 e. The van der Waals surface area contributed by atoms with Gasteiger partial charge in [0.05, 0.1) is 0 Å². The van der Waals surface area contributed by atoms with E-state index in [0.29, 0.717) is 18.2 Å². The summed E-state index contributed by atoms with van der Waals surface area (Å²) in [5.74, 6) is 0.165. The van der Waals surface area contributed by atoms with Crippen LogP contribution in [-0.2, 0) is 0 Å². The van der Waals surface area contributed by atoms with Gasteiger partial charge in [-0.15, -0.1) is 0 Å². The lowest BCUT2D eigenvalue weighted by Gasteiger charge is -2.07. The predicted octanol–water partition coefficient (Wildman–Crippen LogP) is 0.548. The van der Waals surface area contributed by atoms with Gasteiger partial charge in [-0.2, -0.15) is 5.10 Å². The molecular formula is C10H17N3O2. The van der Waals surface area contributed by atoms with E-state index in [1.807, 2.05) is 6.92 Å². The van der Waals surface area contributed by atoms with Gasteiger partial charge in [-0.25, -0.2) is 0 Å². The molecule has 0 aliphatic heterocycles. The molecule has 1 aromatic heterocycles. The summed E-state index contributed by atoms with van der Waals surface area (Å²) in [7, 11) is 0. The third-order valence-electron chi connectivity index (χ3n) is 2.22. The average Bonchev–Trinajstić information content (AvgIpc) is 2.77. The minimum Gasteiger partial charge on any atom is -0.396 e. The fraction of sp³-hybridized carbons (Fsp3) is 0.600. The van der Waals surface area contributed by atoms with Gasteiger partial charge < -0.3 is 10.4 Å². The van der Waals surface area contributed by atoms with Crippen LogP contribution in [0.25, 0.3) is 0 Å². The molecule has 0 radical (unpaired) electrons. The zero-order valence-corrected chi connectivity index (χ0v) is 8.86. The number of carbonyl (C=O) groups is 1. The van der Waals surface area contributed by atoms with Gasteiger partial charge >= 0.3 is 0 Å². The first-order valence-corrected chi connectivity index (χ1v) is 5.12. The van der Waals surface area contributed by atoms with Crippen molar-refractivity contribution in [3.05, 3.63) is 18.0 Å². The maximum Gasteiger partial charge on any atom is 0.269 e. The first-order valence-electron chi connectivity index (χ1n) is 5.12. The number of nitrogens with one attached hydrogen (secondary N) is 2. The van der Waals surface area contributed by atoms with Gasteiger partial charge in [-0.1, -0.05) is 6.92 Å². The molecule has 1 aromatic rings. The number of hydrogen-bond donors (Lipinski definition) is 3. The molecule has 1 unspecified atom stereocenters. The van der Waals surface area contributed by atoms with E-state index in [1.165, 1.54) is 0 Å². The van der Waals surface area contributed by atoms with Crippen molar-refractivity contribution in [2.45, 2.75) is 19.8 Å². The minimum absolute atomic E-state index is 0.135. The van der Waals surface area contributed by atoms with Crippen LogP contribution >= 0.6 is 0 Å². The summed E-state index contributed by atoms with van der Waals surface area (Å²) < 4.78 is 0. The summed E-state index contributed by atoms with van der Waals surface area (Å²) in [5, 5.41) is 17.9. The van der Waals surface area contributed by atoms with Crippen molar-refractivity contribution in [3.63, 3.8) is 0 Å². The quantitative estimate of drug-likeness (QED) is 0.601. The topological polar surface area (TPSA) is 78.0 Å². The molecule has 5 heteroatoms. The maximum atomic E-state index is 11.4. The molecule has 1 rings (SSSR count). The van der Waals surface area contributed by atoms with Gasteiger partial charge in [-0.3, -0.25) is 9.89 Å². The molecule has 0 aromatic carbocycles. The summed E-state index contributed by atoms with van der Waals surface area (Å²) in [6, 6.07) is 1.63. The highest BCUT2D eigenvalue weighted by Gasteiger charge is 2.05. The first kappa shape index (κ1) is 11.7. The van der Waals surface area contributed by atoms with Crippen LogP contribution in [0.3, 0.4) is 0 Å². The van der Waals surface area contributed by atoms with Crippen LogP contribution < -0.4 is 5.32 Å². The molecule has 0 saturated heterocycles. The molecule has 84 valence electrons. The summed E-state index contributed by atoms with van der Waals surface area (Å²) >= 11 is 0. The van der Waals surface area contributed by atoms with E-state index in [2.05, 4.69) is 15.5 Å². The van der Waals surface area contributed by atoms with Crippen LogP contribution in [0, 0.1) is 5.92 Å². The number of rotatable bonds is 6. The summed E-state index contributed by atoms with van der Waals surface area (Å²) in [4.78, 5) is 11.4. The van der Waals surface area contributed by atoms with Crippen molar-refractivity contribution in [1.82, 2.24) is 15.5 Å². The number of hydrogen-bond acceptors (Lipinski definition) is 3. The van der Waals surface area contributed by atoms with Gasteiger partial charge in [0.25, 0.3) is 5.91 Å². The Morgan fingerprint density at radius 1 is 1.73 bits per heavy atom. The first-order chi connectivity index (χ1) is 7.24. The Morgan fingerprint density at radius 2 is 2.53 bits per heavy atom. The van der Waals surface area contributed by atoms with Crippen molar-refractivity contribution in [3.8, 4) is 0 Å². The van der Waals surface area contributed by atoms with E-state index < -0.39 is 0 Å². The van der Waals surface area contributed by atoms with Crippen molar-refractivity contribution < 1.29 is 9.90 Å². The number of aromatic nitrogens is 2. The van der Waals surface area contributed by atoms with Gasteiger partial charge in [0.15, 0.2) is 0 Å². The summed E-state index contributed by atoms with van der Waals surface area (Å²) in [6.07, 6.45) is 3.34. The number of amides is 1. The molecular weight excluding hydrogens is 194 g/mol. The molecule has 0 spiro atoms. The fourth-order valence-electron chi connectivity index (χ4n) is 1.22. The number of aliphatic hydroxyl groups excluding tert-OH is 1. The van der Waals surface area contributed by atoms with Crippen LogP contribution in [0.4, 0.5) is 0 Å². The monoisotopic (exact) mass is 211 g/mol. The molecule has 0 bridgehead atoms. The fourth-order valence-corrected chi connectivity index (χ4v) is 1.22. The van der Waals surface area contributed by atoms with Crippen molar-refractivity contribution in [2.75, 3.05) is 13.2 Å². The third-order valence-corrected chi connectivity index (χ3v) is 2.22. The van der Waals surface area contributed by atoms with Gasteiger partial charge in [-0.05, 0) is 24.8 Å². The van der Waals surface area contributed by atoms with Crippen molar-refractivity contribution in [2.24, 2.45) is 5.92 Å². The molecule has 0 saturated carbocycles. The minimum atomic E-state index is -0.135. The number of nitrogens with zero attached hydrogens (tertiary/aromatic N) is 1. The highest BCUT2D eigenvalue weighted by Crippen LogP contribution is 2.02. The zero-order valence-electron chi connectivity index (χ0n) is 8.86. The largest absolute Gasteiger partial charge is 0.396 e. The van der Waals surface area contributed by atoms with Gasteiger partial charge in [0.2, 0.25) is 0 Å².